The first-order chi connectivity index (χ1) is 26.5. The zero-order chi connectivity index (χ0) is 39.4. The summed E-state index contributed by atoms with van der Waals surface area (Å²) in [4.78, 5) is 37.7. The van der Waals surface area contributed by atoms with Gasteiger partial charge in [-0.2, -0.15) is 0 Å². The van der Waals surface area contributed by atoms with Gasteiger partial charge >= 0.3 is 17.9 Å². The molecule has 1 unspecified atom stereocenters. The molecule has 0 aliphatic carbocycles. The third-order valence-electron chi connectivity index (χ3n) is 10.5. The van der Waals surface area contributed by atoms with Gasteiger partial charge in [-0.15, -0.1) is 0 Å². The van der Waals surface area contributed by atoms with Crippen molar-refractivity contribution >= 4 is 17.9 Å². The highest BCUT2D eigenvalue weighted by atomic mass is 16.6. The van der Waals surface area contributed by atoms with E-state index in [2.05, 4.69) is 32.9 Å². The van der Waals surface area contributed by atoms with Crippen molar-refractivity contribution in [3.63, 3.8) is 0 Å². The predicted octanol–water partition coefficient (Wildman–Crippen LogP) is 15.0. The second kappa shape index (κ2) is 43.9. The molecule has 54 heavy (non-hydrogen) atoms. The number of esters is 3. The van der Waals surface area contributed by atoms with Crippen molar-refractivity contribution < 1.29 is 28.6 Å². The van der Waals surface area contributed by atoms with Crippen molar-refractivity contribution in [2.75, 3.05) is 13.2 Å². The molecule has 0 heterocycles. The molecule has 318 valence electrons. The Morgan fingerprint density at radius 2 is 0.630 bits per heavy atom. The van der Waals surface area contributed by atoms with Crippen molar-refractivity contribution in [1.29, 1.82) is 0 Å². The summed E-state index contributed by atoms with van der Waals surface area (Å²) >= 11 is 0. The summed E-state index contributed by atoms with van der Waals surface area (Å²) in [5, 5.41) is 0. The van der Waals surface area contributed by atoms with Crippen LogP contribution >= 0.6 is 0 Å². The van der Waals surface area contributed by atoms with Crippen molar-refractivity contribution in [2.24, 2.45) is 0 Å². The zero-order valence-corrected chi connectivity index (χ0v) is 36.3. The van der Waals surface area contributed by atoms with Gasteiger partial charge in [0.2, 0.25) is 0 Å². The van der Waals surface area contributed by atoms with Gasteiger partial charge in [-0.3, -0.25) is 14.4 Å². The minimum atomic E-state index is -0.764. The molecule has 0 aromatic carbocycles. The molecule has 6 nitrogen and oxygen atoms in total. The Labute approximate surface area is 335 Å². The molecule has 0 aromatic rings. The molecule has 0 aliphatic rings. The van der Waals surface area contributed by atoms with Gasteiger partial charge in [0.15, 0.2) is 6.10 Å². The van der Waals surface area contributed by atoms with Crippen LogP contribution in [-0.2, 0) is 28.6 Å². The molecule has 0 saturated heterocycles. The fourth-order valence-corrected chi connectivity index (χ4v) is 6.89. The molecule has 0 bridgehead atoms. The summed E-state index contributed by atoms with van der Waals surface area (Å²) in [6.07, 6.45) is 46.1. The third kappa shape index (κ3) is 41.3. The van der Waals surface area contributed by atoms with Gasteiger partial charge in [-0.05, 0) is 38.5 Å². The monoisotopic (exact) mass is 763 g/mol. The number of unbranched alkanes of at least 4 members (excludes halogenated alkanes) is 30. The van der Waals surface area contributed by atoms with Crippen LogP contribution < -0.4 is 0 Å². The Hall–Kier alpha value is -1.85. The van der Waals surface area contributed by atoms with Crippen molar-refractivity contribution in [1.82, 2.24) is 0 Å². The SMILES string of the molecule is CCCC/C=C\CCCCCCCC(=O)OCC(COC(=O)CCCCCCCCCCCCCCC)OC(=O)CCCCCCCCCCCCCC. The van der Waals surface area contributed by atoms with E-state index in [1.165, 1.54) is 154 Å². The first-order valence-corrected chi connectivity index (χ1v) is 23.7. The van der Waals surface area contributed by atoms with Gasteiger partial charge < -0.3 is 14.2 Å². The lowest BCUT2D eigenvalue weighted by Gasteiger charge is -2.18. The molecule has 1 atom stereocenters. The number of allylic oxidation sites excluding steroid dienone is 2. The Kier molecular flexibility index (Phi) is 42.4. The van der Waals surface area contributed by atoms with Crippen LogP contribution in [0.1, 0.15) is 258 Å². The molecule has 0 aromatic heterocycles. The average molecular weight is 763 g/mol. The Morgan fingerprint density at radius 3 is 0.981 bits per heavy atom. The van der Waals surface area contributed by atoms with Crippen molar-refractivity contribution in [3.05, 3.63) is 12.2 Å². The highest BCUT2D eigenvalue weighted by Gasteiger charge is 2.19. The molecule has 0 rings (SSSR count). The standard InChI is InChI=1S/C48H90O6/c1-4-7-10-13-16-19-22-24-27-29-32-35-38-41-47(50)53-44-45(43-52-46(49)40-37-34-31-28-25-21-18-15-12-9-6-3)54-48(51)42-39-36-33-30-26-23-20-17-14-11-8-5-2/h15,18,45H,4-14,16-17,19-44H2,1-3H3/b18-15-. The van der Waals surface area contributed by atoms with Crippen molar-refractivity contribution in [2.45, 2.75) is 264 Å². The predicted molar refractivity (Wildman–Crippen MR) is 229 cm³/mol. The van der Waals surface area contributed by atoms with E-state index >= 15 is 0 Å². The molecule has 0 spiro atoms. The van der Waals surface area contributed by atoms with Crippen LogP contribution in [0.4, 0.5) is 0 Å². The van der Waals surface area contributed by atoms with Crippen LogP contribution in [0, 0.1) is 0 Å². The van der Waals surface area contributed by atoms with Crippen LogP contribution in [0.5, 0.6) is 0 Å². The molecule has 0 N–H and O–H groups in total. The van der Waals surface area contributed by atoms with E-state index in [9.17, 15) is 14.4 Å². The summed E-state index contributed by atoms with van der Waals surface area (Å²) in [5.74, 6) is -0.868. The lowest BCUT2D eigenvalue weighted by molar-refractivity contribution is -0.167. The van der Waals surface area contributed by atoms with Crippen LogP contribution in [0.15, 0.2) is 12.2 Å². The van der Waals surface area contributed by atoms with Crippen LogP contribution in [0.3, 0.4) is 0 Å². The van der Waals surface area contributed by atoms with Gasteiger partial charge in [0.1, 0.15) is 13.2 Å². The van der Waals surface area contributed by atoms with E-state index in [-0.39, 0.29) is 31.1 Å². The van der Waals surface area contributed by atoms with Crippen LogP contribution in [0.25, 0.3) is 0 Å². The van der Waals surface area contributed by atoms with E-state index < -0.39 is 6.10 Å². The second-order valence-corrected chi connectivity index (χ2v) is 16.0. The highest BCUT2D eigenvalue weighted by molar-refractivity contribution is 5.71. The summed E-state index contributed by atoms with van der Waals surface area (Å²) in [5.41, 5.74) is 0. The van der Waals surface area contributed by atoms with E-state index in [4.69, 9.17) is 14.2 Å². The van der Waals surface area contributed by atoms with Gasteiger partial charge in [-0.1, -0.05) is 213 Å². The maximum Gasteiger partial charge on any atom is 0.306 e. The largest absolute Gasteiger partial charge is 0.462 e. The number of hydrogen-bond acceptors (Lipinski definition) is 6. The van der Waals surface area contributed by atoms with Gasteiger partial charge in [0.25, 0.3) is 0 Å². The maximum atomic E-state index is 12.7. The van der Waals surface area contributed by atoms with E-state index in [1.54, 1.807) is 0 Å². The maximum absolute atomic E-state index is 12.7. The second-order valence-electron chi connectivity index (χ2n) is 16.0. The van der Waals surface area contributed by atoms with Crippen LogP contribution in [-0.4, -0.2) is 37.2 Å². The summed E-state index contributed by atoms with van der Waals surface area (Å²) in [7, 11) is 0. The minimum absolute atomic E-state index is 0.0678. The number of carbonyl (C=O) groups excluding carboxylic acids is 3. The molecule has 0 fully saturated rings. The number of carbonyl (C=O) groups is 3. The lowest BCUT2D eigenvalue weighted by Crippen LogP contribution is -2.30. The number of ether oxygens (including phenoxy) is 3. The highest BCUT2D eigenvalue weighted by Crippen LogP contribution is 2.15. The molecular weight excluding hydrogens is 673 g/mol. The Bertz CT molecular complexity index is 839. The van der Waals surface area contributed by atoms with E-state index in [0.29, 0.717) is 19.3 Å². The Balaban J connectivity index is 4.34. The molecule has 0 saturated carbocycles. The zero-order valence-electron chi connectivity index (χ0n) is 36.3. The smallest absolute Gasteiger partial charge is 0.306 e. The number of hydrogen-bond donors (Lipinski definition) is 0. The first-order valence-electron chi connectivity index (χ1n) is 23.7. The molecule has 0 aliphatic heterocycles. The van der Waals surface area contributed by atoms with Crippen LogP contribution in [0.2, 0.25) is 0 Å². The molecular formula is C48H90O6. The first kappa shape index (κ1) is 52.2. The molecule has 6 heteroatoms. The lowest BCUT2D eigenvalue weighted by atomic mass is 10.0. The van der Waals surface area contributed by atoms with Gasteiger partial charge in [0.05, 0.1) is 0 Å². The third-order valence-corrected chi connectivity index (χ3v) is 10.5. The fraction of sp³-hybridized carbons (Fsp3) is 0.896. The Morgan fingerprint density at radius 1 is 0.352 bits per heavy atom. The average Bonchev–Trinajstić information content (AvgIpc) is 3.17. The van der Waals surface area contributed by atoms with E-state index in [1.807, 2.05) is 0 Å². The fourth-order valence-electron chi connectivity index (χ4n) is 6.89. The molecule has 0 amide bonds. The van der Waals surface area contributed by atoms with Crippen molar-refractivity contribution in [3.8, 4) is 0 Å². The van der Waals surface area contributed by atoms with Gasteiger partial charge in [-0.25, -0.2) is 0 Å². The quantitative estimate of drug-likeness (QED) is 0.0266. The van der Waals surface area contributed by atoms with Gasteiger partial charge in [0, 0.05) is 19.3 Å². The topological polar surface area (TPSA) is 78.9 Å². The van der Waals surface area contributed by atoms with E-state index in [0.717, 1.165) is 64.2 Å². The summed E-state index contributed by atoms with van der Waals surface area (Å²) < 4.78 is 16.7. The summed E-state index contributed by atoms with van der Waals surface area (Å²) in [6, 6.07) is 0. The normalized spacial score (nSPS) is 12.0. The summed E-state index contributed by atoms with van der Waals surface area (Å²) in [6.45, 7) is 6.60. The molecule has 0 radical (unpaired) electrons. The minimum Gasteiger partial charge on any atom is -0.462 e. The number of rotatable bonds is 43.